The molecular weight excluding hydrogens is 515 g/mol. The van der Waals surface area contributed by atoms with E-state index in [0.717, 1.165) is 10.0 Å². The van der Waals surface area contributed by atoms with Gasteiger partial charge in [0.15, 0.2) is 5.65 Å². The van der Waals surface area contributed by atoms with Crippen LogP contribution >= 0.6 is 15.9 Å². The highest BCUT2D eigenvalue weighted by atomic mass is 79.9. The van der Waals surface area contributed by atoms with Crippen molar-refractivity contribution in [3.8, 4) is 17.0 Å². The lowest BCUT2D eigenvalue weighted by Gasteiger charge is -2.18. The zero-order chi connectivity index (χ0) is 24.9. The molecule has 8 nitrogen and oxygen atoms in total. The highest BCUT2D eigenvalue weighted by Gasteiger charge is 2.18. The van der Waals surface area contributed by atoms with Gasteiger partial charge in [0.1, 0.15) is 5.82 Å². The summed E-state index contributed by atoms with van der Waals surface area (Å²) in [5.41, 5.74) is 2.38. The maximum absolute atomic E-state index is 13.2. The van der Waals surface area contributed by atoms with Crippen LogP contribution in [0.1, 0.15) is 6.92 Å². The molecule has 2 heterocycles. The molecule has 0 aliphatic rings. The van der Waals surface area contributed by atoms with E-state index >= 15 is 0 Å². The van der Waals surface area contributed by atoms with Gasteiger partial charge in [0.2, 0.25) is 11.8 Å². The normalized spacial score (nSPS) is 11.9. The second-order valence-electron chi connectivity index (χ2n) is 8.26. The number of ether oxygens (including phenoxy) is 1. The number of amides is 1. The topological polar surface area (TPSA) is 92.3 Å². The van der Waals surface area contributed by atoms with E-state index in [1.54, 1.807) is 18.3 Å². The molecule has 2 aromatic heterocycles. The summed E-state index contributed by atoms with van der Waals surface area (Å²) < 4.78 is 19.7. The van der Waals surface area contributed by atoms with Gasteiger partial charge in [-0.2, -0.15) is 9.97 Å². The maximum Gasteiger partial charge on any atom is 0.414 e. The van der Waals surface area contributed by atoms with Gasteiger partial charge in [0, 0.05) is 45.5 Å². The fourth-order valence-electron chi connectivity index (χ4n) is 3.53. The third-order valence-corrected chi connectivity index (χ3v) is 5.68. The molecule has 0 saturated heterocycles. The minimum absolute atomic E-state index is 0.116. The van der Waals surface area contributed by atoms with Crippen molar-refractivity contribution in [3.05, 3.63) is 71.1 Å². The molecule has 4 aromatic rings. The number of nitrogens with one attached hydrogen (secondary N) is 2. The fraction of sp³-hybridized carbons (Fsp3) is 0.200. The molecule has 1 atom stereocenters. The molecule has 0 aliphatic heterocycles. The molecule has 0 bridgehead atoms. The fourth-order valence-corrected chi connectivity index (χ4v) is 4.03. The monoisotopic (exact) mass is 538 g/mol. The van der Waals surface area contributed by atoms with Gasteiger partial charge in [-0.05, 0) is 57.4 Å². The lowest BCUT2D eigenvalue weighted by Crippen LogP contribution is -2.41. The molecular formula is C25H24BrFN6O2. The Hall–Kier alpha value is -3.63. The number of anilines is 2. The molecule has 1 unspecified atom stereocenters. The van der Waals surface area contributed by atoms with Crippen molar-refractivity contribution >= 4 is 44.7 Å². The molecule has 0 aliphatic carbocycles. The van der Waals surface area contributed by atoms with Crippen molar-refractivity contribution in [1.29, 1.82) is 0 Å². The number of hydrogen-bond donors (Lipinski definition) is 2. The van der Waals surface area contributed by atoms with Gasteiger partial charge in [-0.1, -0.05) is 34.1 Å². The largest absolute Gasteiger partial charge is 0.414 e. The lowest BCUT2D eigenvalue weighted by atomic mass is 10.1. The molecule has 1 amide bonds. The highest BCUT2D eigenvalue weighted by Crippen LogP contribution is 2.36. The first-order chi connectivity index (χ1) is 16.8. The van der Waals surface area contributed by atoms with Crippen LogP contribution in [0.2, 0.25) is 0 Å². The summed E-state index contributed by atoms with van der Waals surface area (Å²) >= 11 is 3.56. The zero-order valence-corrected chi connectivity index (χ0v) is 21.0. The number of pyridine rings is 1. The van der Waals surface area contributed by atoms with Crippen LogP contribution < -0.4 is 15.4 Å². The minimum atomic E-state index is -0.613. The molecule has 10 heteroatoms. The van der Waals surface area contributed by atoms with E-state index in [0.29, 0.717) is 28.8 Å². The first kappa shape index (κ1) is 24.5. The number of hydrogen-bond acceptors (Lipinski definition) is 7. The number of aromatic nitrogens is 3. The standard InChI is InChI=1S/C25H24BrFN6O2/c1-15(14-33(2)3)29-25(34)35-23-20(19-6-4-5-7-21(19)26)12-16-13-28-24(32-22(16)31-23)30-18-10-8-17(27)9-11-18/h4-13,15H,14H2,1-3H3,(H,29,34)(H,28,30,31,32). The third-order valence-electron chi connectivity index (χ3n) is 4.99. The Labute approximate surface area is 210 Å². The molecule has 2 aromatic carbocycles. The summed E-state index contributed by atoms with van der Waals surface area (Å²) in [6, 6.07) is 15.1. The molecule has 0 saturated carbocycles. The van der Waals surface area contributed by atoms with Crippen molar-refractivity contribution in [2.75, 3.05) is 26.0 Å². The van der Waals surface area contributed by atoms with Gasteiger partial charge in [-0.15, -0.1) is 0 Å². The Morgan fingerprint density at radius 3 is 2.57 bits per heavy atom. The van der Waals surface area contributed by atoms with Gasteiger partial charge in [0.25, 0.3) is 0 Å². The Morgan fingerprint density at radius 1 is 1.11 bits per heavy atom. The van der Waals surface area contributed by atoms with Gasteiger partial charge in [0.05, 0.1) is 0 Å². The van der Waals surface area contributed by atoms with Crippen molar-refractivity contribution in [2.24, 2.45) is 0 Å². The smallest absolute Gasteiger partial charge is 0.391 e. The number of likely N-dealkylation sites (N-methyl/N-ethyl adjacent to an activating group) is 1. The second-order valence-corrected chi connectivity index (χ2v) is 9.11. The summed E-state index contributed by atoms with van der Waals surface area (Å²) in [4.78, 5) is 28.0. The van der Waals surface area contributed by atoms with Crippen molar-refractivity contribution < 1.29 is 13.9 Å². The molecule has 180 valence electrons. The number of benzene rings is 2. The van der Waals surface area contributed by atoms with E-state index < -0.39 is 6.09 Å². The van der Waals surface area contributed by atoms with E-state index in [2.05, 4.69) is 41.5 Å². The molecule has 0 spiro atoms. The van der Waals surface area contributed by atoms with Gasteiger partial charge < -0.3 is 20.3 Å². The number of carbonyl (C=O) groups is 1. The van der Waals surface area contributed by atoms with Gasteiger partial charge in [-0.25, -0.2) is 14.2 Å². The molecule has 4 rings (SSSR count). The first-order valence-electron chi connectivity index (χ1n) is 10.9. The summed E-state index contributed by atoms with van der Waals surface area (Å²) in [6.07, 6.45) is 1.02. The van der Waals surface area contributed by atoms with Gasteiger partial charge >= 0.3 is 6.09 Å². The molecule has 0 fully saturated rings. The Kier molecular flexibility index (Phi) is 7.52. The van der Waals surface area contributed by atoms with Crippen molar-refractivity contribution in [1.82, 2.24) is 25.2 Å². The third kappa shape index (κ3) is 6.28. The van der Waals surface area contributed by atoms with E-state index in [-0.39, 0.29) is 23.7 Å². The van der Waals surface area contributed by atoms with Gasteiger partial charge in [-0.3, -0.25) is 0 Å². The van der Waals surface area contributed by atoms with Crippen LogP contribution in [0, 0.1) is 5.82 Å². The summed E-state index contributed by atoms with van der Waals surface area (Å²) in [5, 5.41) is 6.50. The number of halogens is 2. The SMILES string of the molecule is CC(CN(C)C)NC(=O)Oc1nc2nc(Nc3ccc(F)cc3)ncc2cc1-c1ccccc1Br. The summed E-state index contributed by atoms with van der Waals surface area (Å²) in [6.45, 7) is 2.55. The Bertz CT molecular complexity index is 1350. The van der Waals surface area contributed by atoms with E-state index in [1.807, 2.05) is 56.3 Å². The van der Waals surface area contributed by atoms with Crippen molar-refractivity contribution in [3.63, 3.8) is 0 Å². The Balaban J connectivity index is 1.70. The molecule has 35 heavy (non-hydrogen) atoms. The lowest BCUT2D eigenvalue weighted by molar-refractivity contribution is 0.192. The van der Waals surface area contributed by atoms with E-state index in [4.69, 9.17) is 4.74 Å². The number of nitrogens with zero attached hydrogens (tertiary/aromatic N) is 4. The van der Waals surface area contributed by atoms with Crippen LogP contribution in [-0.2, 0) is 0 Å². The average Bonchev–Trinajstić information content (AvgIpc) is 2.80. The predicted molar refractivity (Wildman–Crippen MR) is 137 cm³/mol. The van der Waals surface area contributed by atoms with E-state index in [9.17, 15) is 9.18 Å². The zero-order valence-electron chi connectivity index (χ0n) is 19.4. The predicted octanol–water partition coefficient (Wildman–Crippen LogP) is 5.38. The number of rotatable bonds is 7. The van der Waals surface area contributed by atoms with Crippen LogP contribution in [0.3, 0.4) is 0 Å². The minimum Gasteiger partial charge on any atom is -0.391 e. The van der Waals surface area contributed by atoms with Crippen LogP contribution in [0.15, 0.2) is 65.3 Å². The van der Waals surface area contributed by atoms with Crippen LogP contribution in [0.4, 0.5) is 20.8 Å². The summed E-state index contributed by atoms with van der Waals surface area (Å²) in [5.74, 6) is 0.0573. The van der Waals surface area contributed by atoms with Crippen LogP contribution in [-0.4, -0.2) is 52.6 Å². The summed E-state index contributed by atoms with van der Waals surface area (Å²) in [7, 11) is 3.85. The number of carbonyl (C=O) groups excluding carboxylic acids is 1. The Morgan fingerprint density at radius 2 is 1.86 bits per heavy atom. The average molecular weight is 539 g/mol. The van der Waals surface area contributed by atoms with Crippen LogP contribution in [0.25, 0.3) is 22.2 Å². The maximum atomic E-state index is 13.2. The van der Waals surface area contributed by atoms with E-state index in [1.165, 1.54) is 12.1 Å². The molecule has 2 N–H and O–H groups in total. The first-order valence-corrected chi connectivity index (χ1v) is 11.7. The second kappa shape index (κ2) is 10.7. The van der Waals surface area contributed by atoms with Crippen LogP contribution in [0.5, 0.6) is 5.88 Å². The molecule has 0 radical (unpaired) electrons. The number of fused-ring (bicyclic) bond motifs is 1. The highest BCUT2D eigenvalue weighted by molar-refractivity contribution is 9.10. The quantitative estimate of drug-likeness (QED) is 0.326. The van der Waals surface area contributed by atoms with Crippen molar-refractivity contribution in [2.45, 2.75) is 13.0 Å².